The van der Waals surface area contributed by atoms with Crippen LogP contribution in [0.3, 0.4) is 0 Å². The van der Waals surface area contributed by atoms with Crippen molar-refractivity contribution in [3.8, 4) is 0 Å². The van der Waals surface area contributed by atoms with Crippen LogP contribution in [0, 0.1) is 15.9 Å². The summed E-state index contributed by atoms with van der Waals surface area (Å²) in [5.74, 6) is -1.46. The van der Waals surface area contributed by atoms with Crippen LogP contribution >= 0.6 is 0 Å². The minimum Gasteiger partial charge on any atom is -0.376 e. The van der Waals surface area contributed by atoms with E-state index < -0.39 is 16.4 Å². The fourth-order valence-electron chi connectivity index (χ4n) is 2.99. The van der Waals surface area contributed by atoms with Crippen molar-refractivity contribution >= 4 is 34.6 Å². The maximum Gasteiger partial charge on any atom is 0.306 e. The van der Waals surface area contributed by atoms with Crippen molar-refractivity contribution in [1.82, 2.24) is 0 Å². The van der Waals surface area contributed by atoms with E-state index in [-0.39, 0.29) is 36.5 Å². The predicted molar refractivity (Wildman–Crippen MR) is 98.2 cm³/mol. The average Bonchev–Trinajstić information content (AvgIpc) is 2.74. The van der Waals surface area contributed by atoms with Gasteiger partial charge in [-0.25, -0.2) is 0 Å². The first-order valence-corrected chi connectivity index (χ1v) is 8.25. The third-order valence-electron chi connectivity index (χ3n) is 4.21. The molecule has 2 amide bonds. The predicted octanol–water partition coefficient (Wildman–Crippen LogP) is 2.91. The Morgan fingerprint density at radius 2 is 2.11 bits per heavy atom. The maximum absolute atomic E-state index is 13.4. The van der Waals surface area contributed by atoms with Crippen LogP contribution in [0.25, 0.3) is 0 Å². The zero-order chi connectivity index (χ0) is 19.6. The van der Waals surface area contributed by atoms with E-state index in [0.717, 1.165) is 12.1 Å². The van der Waals surface area contributed by atoms with Gasteiger partial charge >= 0.3 is 5.69 Å². The molecule has 0 aromatic heterocycles. The van der Waals surface area contributed by atoms with Gasteiger partial charge in [0.1, 0.15) is 0 Å². The van der Waals surface area contributed by atoms with Crippen LogP contribution < -0.4 is 15.5 Å². The van der Waals surface area contributed by atoms with Gasteiger partial charge in [-0.3, -0.25) is 19.7 Å². The molecule has 2 aromatic carbocycles. The van der Waals surface area contributed by atoms with E-state index in [9.17, 15) is 24.1 Å². The van der Waals surface area contributed by atoms with Gasteiger partial charge in [0.2, 0.25) is 17.6 Å². The normalized spacial score (nSPS) is 16.1. The SMILES string of the molecule is C[C@H]1CC(=O)Nc2ccccc2N1C(=O)CNc1ccc(F)c([N+](=O)[O-])c1. The molecule has 0 spiro atoms. The Bertz CT molecular complexity index is 918. The Morgan fingerprint density at radius 1 is 1.37 bits per heavy atom. The summed E-state index contributed by atoms with van der Waals surface area (Å²) in [6.07, 6.45) is 0.141. The lowest BCUT2D eigenvalue weighted by molar-refractivity contribution is -0.387. The monoisotopic (exact) mass is 372 g/mol. The molecule has 0 unspecified atom stereocenters. The molecule has 1 aliphatic heterocycles. The van der Waals surface area contributed by atoms with Crippen molar-refractivity contribution in [2.24, 2.45) is 0 Å². The van der Waals surface area contributed by atoms with Gasteiger partial charge in [0.25, 0.3) is 0 Å². The summed E-state index contributed by atoms with van der Waals surface area (Å²) in [4.78, 5) is 36.3. The Morgan fingerprint density at radius 3 is 2.85 bits per heavy atom. The lowest BCUT2D eigenvalue weighted by Crippen LogP contribution is -2.42. The molecule has 0 radical (unpaired) electrons. The Balaban J connectivity index is 1.80. The summed E-state index contributed by atoms with van der Waals surface area (Å²) in [6, 6.07) is 9.92. The highest BCUT2D eigenvalue weighted by Gasteiger charge is 2.29. The second-order valence-electron chi connectivity index (χ2n) is 6.16. The number of nitro groups is 1. The van der Waals surface area contributed by atoms with Crippen molar-refractivity contribution in [3.05, 3.63) is 58.4 Å². The highest BCUT2D eigenvalue weighted by molar-refractivity contribution is 6.05. The number of rotatable bonds is 4. The molecule has 1 aliphatic rings. The van der Waals surface area contributed by atoms with Crippen LogP contribution in [-0.2, 0) is 9.59 Å². The Kier molecular flexibility index (Phi) is 5.02. The van der Waals surface area contributed by atoms with E-state index in [1.165, 1.54) is 11.0 Å². The van der Waals surface area contributed by atoms with Crippen LogP contribution in [0.1, 0.15) is 13.3 Å². The number of halogens is 1. The maximum atomic E-state index is 13.4. The molecule has 140 valence electrons. The zero-order valence-electron chi connectivity index (χ0n) is 14.4. The van der Waals surface area contributed by atoms with Crippen LogP contribution in [0.5, 0.6) is 0 Å². The Hall–Kier alpha value is -3.49. The number of amides is 2. The molecular weight excluding hydrogens is 355 g/mol. The number of carbonyl (C=O) groups excluding carboxylic acids is 2. The van der Waals surface area contributed by atoms with E-state index in [1.54, 1.807) is 31.2 Å². The van der Waals surface area contributed by atoms with Crippen LogP contribution in [0.15, 0.2) is 42.5 Å². The fourth-order valence-corrected chi connectivity index (χ4v) is 2.99. The van der Waals surface area contributed by atoms with Gasteiger partial charge in [-0.2, -0.15) is 4.39 Å². The first-order valence-electron chi connectivity index (χ1n) is 8.25. The van der Waals surface area contributed by atoms with E-state index in [4.69, 9.17) is 0 Å². The van der Waals surface area contributed by atoms with Gasteiger partial charge in [-0.05, 0) is 31.2 Å². The zero-order valence-corrected chi connectivity index (χ0v) is 14.4. The van der Waals surface area contributed by atoms with Crippen LogP contribution in [0.2, 0.25) is 0 Å². The van der Waals surface area contributed by atoms with Gasteiger partial charge < -0.3 is 15.5 Å². The van der Waals surface area contributed by atoms with Crippen molar-refractivity contribution in [1.29, 1.82) is 0 Å². The molecule has 27 heavy (non-hydrogen) atoms. The molecule has 1 atom stereocenters. The van der Waals surface area contributed by atoms with E-state index in [1.807, 2.05) is 0 Å². The van der Waals surface area contributed by atoms with Crippen LogP contribution in [-0.4, -0.2) is 29.3 Å². The van der Waals surface area contributed by atoms with Gasteiger partial charge in [0.15, 0.2) is 0 Å². The average molecular weight is 372 g/mol. The number of fused-ring (bicyclic) bond motifs is 1. The number of nitrogens with zero attached hydrogens (tertiary/aromatic N) is 2. The minimum absolute atomic E-state index is 0.141. The summed E-state index contributed by atoms with van der Waals surface area (Å²) in [5.41, 5.74) is 0.697. The van der Waals surface area contributed by atoms with Gasteiger partial charge in [0, 0.05) is 24.2 Å². The van der Waals surface area contributed by atoms with Gasteiger partial charge in [0.05, 0.1) is 22.8 Å². The topological polar surface area (TPSA) is 105 Å². The van der Waals surface area contributed by atoms with Gasteiger partial charge in [-0.1, -0.05) is 12.1 Å². The summed E-state index contributed by atoms with van der Waals surface area (Å²) in [5, 5.41) is 16.4. The van der Waals surface area contributed by atoms with Crippen molar-refractivity contribution < 1.29 is 18.9 Å². The number of hydrogen-bond donors (Lipinski definition) is 2. The number of hydrogen-bond acceptors (Lipinski definition) is 5. The van der Waals surface area contributed by atoms with Crippen LogP contribution in [0.4, 0.5) is 27.1 Å². The highest BCUT2D eigenvalue weighted by Crippen LogP contribution is 2.31. The minimum atomic E-state index is -0.948. The molecule has 2 aromatic rings. The number of nitrogens with one attached hydrogen (secondary N) is 2. The first kappa shape index (κ1) is 18.3. The second-order valence-corrected chi connectivity index (χ2v) is 6.16. The molecule has 0 saturated carbocycles. The molecule has 2 N–H and O–H groups in total. The second kappa shape index (κ2) is 7.40. The lowest BCUT2D eigenvalue weighted by atomic mass is 10.1. The molecule has 1 heterocycles. The number of para-hydroxylation sites is 2. The van der Waals surface area contributed by atoms with E-state index >= 15 is 0 Å². The summed E-state index contributed by atoms with van der Waals surface area (Å²) in [6.45, 7) is 1.60. The molecule has 0 aliphatic carbocycles. The third-order valence-corrected chi connectivity index (χ3v) is 4.21. The Labute approximate surface area is 154 Å². The van der Waals surface area contributed by atoms with E-state index in [2.05, 4.69) is 10.6 Å². The highest BCUT2D eigenvalue weighted by atomic mass is 19.1. The van der Waals surface area contributed by atoms with Gasteiger partial charge in [-0.15, -0.1) is 0 Å². The summed E-state index contributed by atoms with van der Waals surface area (Å²) < 4.78 is 13.4. The molecule has 0 bridgehead atoms. The quantitative estimate of drug-likeness (QED) is 0.634. The third kappa shape index (κ3) is 3.86. The molecule has 3 rings (SSSR count). The molecule has 8 nitrogen and oxygen atoms in total. The number of anilines is 3. The molecule has 0 fully saturated rings. The largest absolute Gasteiger partial charge is 0.376 e. The molecule has 9 heteroatoms. The van der Waals surface area contributed by atoms with Crippen molar-refractivity contribution in [2.45, 2.75) is 19.4 Å². The molecular formula is C18H17FN4O4. The summed E-state index contributed by atoms with van der Waals surface area (Å²) >= 11 is 0. The smallest absolute Gasteiger partial charge is 0.306 e. The first-order chi connectivity index (χ1) is 12.9. The number of benzene rings is 2. The standard InChI is InChI=1S/C18H17FN4O4/c1-11-8-17(24)21-14-4-2-3-5-15(14)22(11)18(25)10-20-12-6-7-13(19)16(9-12)23(26)27/h2-7,9,11,20H,8,10H2,1H3,(H,21,24)/t11-/m0/s1. The van der Waals surface area contributed by atoms with E-state index in [0.29, 0.717) is 11.4 Å². The van der Waals surface area contributed by atoms with Crippen molar-refractivity contribution in [3.63, 3.8) is 0 Å². The molecule has 0 saturated heterocycles. The number of nitro benzene ring substituents is 1. The van der Waals surface area contributed by atoms with Crippen molar-refractivity contribution in [2.75, 3.05) is 22.1 Å². The number of carbonyl (C=O) groups is 2. The summed E-state index contributed by atoms with van der Waals surface area (Å²) in [7, 11) is 0. The lowest BCUT2D eigenvalue weighted by Gasteiger charge is -2.28. The fraction of sp³-hybridized carbons (Fsp3) is 0.222.